The van der Waals surface area contributed by atoms with Crippen molar-refractivity contribution in [2.24, 2.45) is 0 Å². The predicted octanol–water partition coefficient (Wildman–Crippen LogP) is 2.89. The molecule has 0 radical (unpaired) electrons. The van der Waals surface area contributed by atoms with Gasteiger partial charge < -0.3 is 10.6 Å². The van der Waals surface area contributed by atoms with Crippen LogP contribution in [-0.2, 0) is 0 Å². The Morgan fingerprint density at radius 1 is 1.00 bits per heavy atom. The molecule has 5 nitrogen and oxygen atoms in total. The Bertz CT molecular complexity index is 794. The summed E-state index contributed by atoms with van der Waals surface area (Å²) in [6.07, 6.45) is 2.44. The second-order valence-electron chi connectivity index (χ2n) is 5.27. The second kappa shape index (κ2) is 7.12. The fourth-order valence-corrected chi connectivity index (χ4v) is 1.85. The highest BCUT2D eigenvalue weighted by Gasteiger charge is 2.17. The quantitative estimate of drug-likeness (QED) is 0.843. The summed E-state index contributed by atoms with van der Waals surface area (Å²) >= 11 is 0. The van der Waals surface area contributed by atoms with Gasteiger partial charge in [-0.05, 0) is 32.0 Å². The first-order valence-corrected chi connectivity index (χ1v) is 7.00. The summed E-state index contributed by atoms with van der Waals surface area (Å²) in [5.74, 6) is -5.79. The smallest absolute Gasteiger partial charge is 0.257 e. The molecule has 0 aliphatic heterocycles. The lowest BCUT2D eigenvalue weighted by Gasteiger charge is -2.10. The van der Waals surface area contributed by atoms with Gasteiger partial charge in [0, 0.05) is 18.4 Å². The molecule has 1 aromatic carbocycles. The van der Waals surface area contributed by atoms with Gasteiger partial charge in [0.2, 0.25) is 0 Å². The van der Waals surface area contributed by atoms with E-state index in [0.717, 1.165) is 6.07 Å². The first-order valence-electron chi connectivity index (χ1n) is 7.00. The van der Waals surface area contributed by atoms with Crippen LogP contribution in [0, 0.1) is 17.5 Å². The fraction of sp³-hybridized carbons (Fsp3) is 0.188. The van der Waals surface area contributed by atoms with E-state index < -0.39 is 35.0 Å². The van der Waals surface area contributed by atoms with Crippen LogP contribution in [0.4, 0.5) is 18.9 Å². The van der Waals surface area contributed by atoms with E-state index in [2.05, 4.69) is 15.6 Å². The van der Waals surface area contributed by atoms with Gasteiger partial charge in [-0.3, -0.25) is 14.6 Å². The van der Waals surface area contributed by atoms with Crippen molar-refractivity contribution in [1.29, 1.82) is 0 Å². The third kappa shape index (κ3) is 3.89. The topological polar surface area (TPSA) is 71.1 Å². The van der Waals surface area contributed by atoms with Crippen molar-refractivity contribution >= 4 is 17.5 Å². The highest BCUT2D eigenvalue weighted by Crippen LogP contribution is 2.20. The summed E-state index contributed by atoms with van der Waals surface area (Å²) in [6.45, 7) is 3.54. The van der Waals surface area contributed by atoms with Gasteiger partial charge in [0.05, 0.1) is 16.8 Å². The Kier molecular flexibility index (Phi) is 5.18. The maximum Gasteiger partial charge on any atom is 0.257 e. The van der Waals surface area contributed by atoms with E-state index in [4.69, 9.17) is 0 Å². The summed E-state index contributed by atoms with van der Waals surface area (Å²) in [7, 11) is 0. The van der Waals surface area contributed by atoms with E-state index in [9.17, 15) is 22.8 Å². The number of anilines is 1. The molecule has 0 aliphatic rings. The monoisotopic (exact) mass is 337 g/mol. The Labute approximate surface area is 135 Å². The van der Waals surface area contributed by atoms with E-state index >= 15 is 0 Å². The normalized spacial score (nSPS) is 10.6. The number of aromatic nitrogens is 1. The molecule has 0 spiro atoms. The minimum Gasteiger partial charge on any atom is -0.350 e. The lowest BCUT2D eigenvalue weighted by Crippen LogP contribution is -2.30. The number of carbonyl (C=O) groups excluding carboxylic acids is 2. The molecule has 0 saturated heterocycles. The maximum absolute atomic E-state index is 13.6. The second-order valence-corrected chi connectivity index (χ2v) is 5.27. The van der Waals surface area contributed by atoms with Crippen molar-refractivity contribution in [3.05, 3.63) is 59.2 Å². The van der Waals surface area contributed by atoms with Crippen LogP contribution in [0.5, 0.6) is 0 Å². The molecule has 1 aromatic heterocycles. The summed E-state index contributed by atoms with van der Waals surface area (Å²) in [5, 5.41) is 4.74. The Morgan fingerprint density at radius 2 is 1.62 bits per heavy atom. The molecule has 8 heteroatoms. The van der Waals surface area contributed by atoms with Gasteiger partial charge in [0.15, 0.2) is 17.5 Å². The van der Waals surface area contributed by atoms with Gasteiger partial charge in [-0.2, -0.15) is 0 Å². The van der Waals surface area contributed by atoms with Gasteiger partial charge in [0.1, 0.15) is 0 Å². The van der Waals surface area contributed by atoms with Gasteiger partial charge in [-0.1, -0.05) is 0 Å². The summed E-state index contributed by atoms with van der Waals surface area (Å²) in [6, 6.07) is 2.75. The van der Waals surface area contributed by atoms with E-state index in [0.29, 0.717) is 6.07 Å². The molecule has 2 rings (SSSR count). The number of halogens is 3. The number of benzene rings is 1. The van der Waals surface area contributed by atoms with Crippen molar-refractivity contribution in [3.63, 3.8) is 0 Å². The van der Waals surface area contributed by atoms with E-state index in [1.807, 2.05) is 0 Å². The van der Waals surface area contributed by atoms with Crippen LogP contribution in [0.1, 0.15) is 34.6 Å². The van der Waals surface area contributed by atoms with Crippen LogP contribution in [0.15, 0.2) is 30.6 Å². The van der Waals surface area contributed by atoms with Crippen molar-refractivity contribution in [3.8, 4) is 0 Å². The summed E-state index contributed by atoms with van der Waals surface area (Å²) in [5.41, 5.74) is -0.409. The van der Waals surface area contributed by atoms with Crippen molar-refractivity contribution in [1.82, 2.24) is 10.3 Å². The maximum atomic E-state index is 13.6. The van der Waals surface area contributed by atoms with Crippen LogP contribution in [0.2, 0.25) is 0 Å². The number of nitrogens with zero attached hydrogens (tertiary/aromatic N) is 1. The van der Waals surface area contributed by atoms with Gasteiger partial charge in [-0.15, -0.1) is 0 Å². The molecule has 2 amide bonds. The molecule has 2 aromatic rings. The van der Waals surface area contributed by atoms with Crippen LogP contribution < -0.4 is 10.6 Å². The predicted molar refractivity (Wildman–Crippen MR) is 81.1 cm³/mol. The number of pyridine rings is 1. The van der Waals surface area contributed by atoms with Gasteiger partial charge in [0.25, 0.3) is 11.8 Å². The van der Waals surface area contributed by atoms with Crippen molar-refractivity contribution in [2.45, 2.75) is 19.9 Å². The first-order chi connectivity index (χ1) is 11.3. The number of amides is 2. The lowest BCUT2D eigenvalue weighted by molar-refractivity contribution is 0.0942. The first kappa shape index (κ1) is 17.5. The summed E-state index contributed by atoms with van der Waals surface area (Å²) < 4.78 is 39.6. The van der Waals surface area contributed by atoms with Crippen molar-refractivity contribution < 1.29 is 22.8 Å². The molecule has 0 atom stereocenters. The molecule has 1 heterocycles. The number of nitrogens with one attached hydrogen (secondary N) is 2. The molecule has 2 N–H and O–H groups in total. The fourth-order valence-electron chi connectivity index (χ4n) is 1.85. The van der Waals surface area contributed by atoms with Crippen molar-refractivity contribution in [2.75, 3.05) is 5.32 Å². The number of carbonyl (C=O) groups is 2. The highest BCUT2D eigenvalue weighted by molar-refractivity contribution is 6.05. The lowest BCUT2D eigenvalue weighted by atomic mass is 10.1. The van der Waals surface area contributed by atoms with Gasteiger partial charge in [-0.25, -0.2) is 13.2 Å². The zero-order valence-electron chi connectivity index (χ0n) is 12.9. The molecule has 0 saturated carbocycles. The van der Waals surface area contributed by atoms with Crippen LogP contribution in [0.3, 0.4) is 0 Å². The van der Waals surface area contributed by atoms with E-state index in [1.165, 1.54) is 18.5 Å². The molecular formula is C16H14F3N3O2. The number of hydrogen-bond acceptors (Lipinski definition) is 3. The molecule has 126 valence electrons. The molecular weight excluding hydrogens is 323 g/mol. The van der Waals surface area contributed by atoms with Gasteiger partial charge >= 0.3 is 0 Å². The molecule has 0 unspecified atom stereocenters. The molecule has 0 bridgehead atoms. The third-order valence-corrected chi connectivity index (χ3v) is 2.97. The average molecular weight is 337 g/mol. The minimum atomic E-state index is -1.68. The van der Waals surface area contributed by atoms with E-state index in [1.54, 1.807) is 13.8 Å². The molecule has 0 aliphatic carbocycles. The number of rotatable bonds is 4. The molecule has 0 fully saturated rings. The molecule has 24 heavy (non-hydrogen) atoms. The Morgan fingerprint density at radius 3 is 2.25 bits per heavy atom. The zero-order valence-corrected chi connectivity index (χ0v) is 12.9. The standard InChI is InChI=1S/C16H14F3N3O2/c1-8(2)21-15(23)9-5-10(7-20-6-9)16(24)22-12-4-3-11(17)13(18)14(12)19/h3-8H,1-2H3,(H,21,23)(H,22,24). The highest BCUT2D eigenvalue weighted by atomic mass is 19.2. The average Bonchev–Trinajstić information content (AvgIpc) is 2.55. The largest absolute Gasteiger partial charge is 0.350 e. The van der Waals surface area contributed by atoms with Crippen LogP contribution in [-0.4, -0.2) is 22.8 Å². The van der Waals surface area contributed by atoms with Crippen LogP contribution >= 0.6 is 0 Å². The Balaban J connectivity index is 2.22. The summed E-state index contributed by atoms with van der Waals surface area (Å²) in [4.78, 5) is 27.8. The number of hydrogen-bond donors (Lipinski definition) is 2. The third-order valence-electron chi connectivity index (χ3n) is 2.97. The van der Waals surface area contributed by atoms with Crippen LogP contribution in [0.25, 0.3) is 0 Å². The van der Waals surface area contributed by atoms with E-state index in [-0.39, 0.29) is 17.2 Å². The Hall–Kier alpha value is -2.90. The SMILES string of the molecule is CC(C)NC(=O)c1cncc(C(=O)Nc2ccc(F)c(F)c2F)c1. The zero-order chi connectivity index (χ0) is 17.9. The minimum absolute atomic E-state index is 0.0319.